The highest BCUT2D eigenvalue weighted by Gasteiger charge is 2.25. The maximum absolute atomic E-state index is 12.3. The number of carbonyl (C=O) groups excluding carboxylic acids is 3. The Kier molecular flexibility index (Phi) is 6.77. The van der Waals surface area contributed by atoms with E-state index in [2.05, 4.69) is 10.6 Å². The van der Waals surface area contributed by atoms with Crippen molar-refractivity contribution in [2.75, 3.05) is 19.6 Å². The van der Waals surface area contributed by atoms with Gasteiger partial charge in [-0.15, -0.1) is 0 Å². The predicted molar refractivity (Wildman–Crippen MR) is 101 cm³/mol. The molecule has 1 aromatic carbocycles. The van der Waals surface area contributed by atoms with E-state index in [1.165, 1.54) is 0 Å². The predicted octanol–water partition coefficient (Wildman–Crippen LogP) is 1.96. The Hall–Kier alpha value is -2.37. The van der Waals surface area contributed by atoms with Gasteiger partial charge in [0.1, 0.15) is 0 Å². The van der Waals surface area contributed by atoms with Gasteiger partial charge in [0.2, 0.25) is 11.8 Å². The van der Waals surface area contributed by atoms with E-state index in [4.69, 9.17) is 0 Å². The maximum atomic E-state index is 12.3. The van der Waals surface area contributed by atoms with Crippen molar-refractivity contribution in [1.29, 1.82) is 0 Å². The number of amides is 3. The van der Waals surface area contributed by atoms with Gasteiger partial charge in [0.25, 0.3) is 5.91 Å². The summed E-state index contributed by atoms with van der Waals surface area (Å²) >= 11 is 0. The van der Waals surface area contributed by atoms with Crippen LogP contribution in [0.2, 0.25) is 0 Å². The number of hydrogen-bond acceptors (Lipinski definition) is 3. The zero-order valence-electron chi connectivity index (χ0n) is 15.9. The first-order chi connectivity index (χ1) is 12.2. The minimum atomic E-state index is -0.247. The van der Waals surface area contributed by atoms with Gasteiger partial charge >= 0.3 is 0 Å². The van der Waals surface area contributed by atoms with Gasteiger partial charge in [0, 0.05) is 31.1 Å². The fraction of sp³-hybridized carbons (Fsp3) is 0.550. The highest BCUT2D eigenvalue weighted by atomic mass is 16.2. The van der Waals surface area contributed by atoms with Crippen LogP contribution in [0, 0.1) is 5.41 Å². The number of carbonyl (C=O) groups is 3. The fourth-order valence-electron chi connectivity index (χ4n) is 2.99. The summed E-state index contributed by atoms with van der Waals surface area (Å²) in [5.74, 6) is -0.269. The van der Waals surface area contributed by atoms with Gasteiger partial charge in [0.15, 0.2) is 0 Å². The summed E-state index contributed by atoms with van der Waals surface area (Å²) in [6.07, 6.45) is 1.99. The molecule has 0 atom stereocenters. The molecule has 6 heteroatoms. The van der Waals surface area contributed by atoms with Crippen LogP contribution < -0.4 is 10.6 Å². The number of piperidine rings is 1. The summed E-state index contributed by atoms with van der Waals surface area (Å²) in [7, 11) is 0. The zero-order chi connectivity index (χ0) is 19.2. The third-order valence-electron chi connectivity index (χ3n) is 4.34. The Bertz CT molecular complexity index is 629. The first-order valence-electron chi connectivity index (χ1n) is 9.15. The van der Waals surface area contributed by atoms with Crippen LogP contribution in [0.5, 0.6) is 0 Å². The van der Waals surface area contributed by atoms with Crippen molar-refractivity contribution < 1.29 is 14.4 Å². The van der Waals surface area contributed by atoms with E-state index in [0.29, 0.717) is 25.1 Å². The quantitative estimate of drug-likeness (QED) is 0.843. The largest absolute Gasteiger partial charge is 0.353 e. The van der Waals surface area contributed by atoms with Crippen LogP contribution in [0.25, 0.3) is 0 Å². The van der Waals surface area contributed by atoms with E-state index in [1.807, 2.05) is 26.8 Å². The van der Waals surface area contributed by atoms with Crippen molar-refractivity contribution in [3.63, 3.8) is 0 Å². The SMILES string of the molecule is CC(C)(C)CC(=O)NC1CCN(C(=O)CNC(=O)c2ccccc2)CC1. The molecule has 26 heavy (non-hydrogen) atoms. The summed E-state index contributed by atoms with van der Waals surface area (Å²) in [4.78, 5) is 38.0. The first kappa shape index (κ1) is 19.9. The van der Waals surface area contributed by atoms with Crippen LogP contribution in [0.1, 0.15) is 50.4 Å². The van der Waals surface area contributed by atoms with Gasteiger partial charge in [-0.25, -0.2) is 0 Å². The molecule has 1 aliphatic rings. The molecule has 1 aliphatic heterocycles. The van der Waals surface area contributed by atoms with Crippen LogP contribution >= 0.6 is 0 Å². The normalized spacial score (nSPS) is 15.4. The molecule has 0 aromatic heterocycles. The smallest absolute Gasteiger partial charge is 0.251 e. The third-order valence-corrected chi connectivity index (χ3v) is 4.34. The molecule has 0 unspecified atom stereocenters. The van der Waals surface area contributed by atoms with Gasteiger partial charge in [-0.2, -0.15) is 0 Å². The molecule has 2 rings (SSSR count). The molecule has 6 nitrogen and oxygen atoms in total. The Morgan fingerprint density at radius 1 is 1.08 bits per heavy atom. The summed E-state index contributed by atoms with van der Waals surface area (Å²) in [5.41, 5.74) is 0.512. The Morgan fingerprint density at radius 3 is 2.27 bits per heavy atom. The van der Waals surface area contributed by atoms with Gasteiger partial charge in [-0.3, -0.25) is 14.4 Å². The standard InChI is InChI=1S/C20H29N3O3/c1-20(2,3)13-17(24)22-16-9-11-23(12-10-16)18(25)14-21-19(26)15-7-5-4-6-8-15/h4-8,16H,9-14H2,1-3H3,(H,21,26)(H,22,24). The summed E-state index contributed by atoms with van der Waals surface area (Å²) < 4.78 is 0. The second-order valence-corrected chi connectivity index (χ2v) is 8.01. The Labute approximate surface area is 155 Å². The van der Waals surface area contributed by atoms with E-state index in [9.17, 15) is 14.4 Å². The lowest BCUT2D eigenvalue weighted by Gasteiger charge is -2.33. The zero-order valence-corrected chi connectivity index (χ0v) is 15.9. The van der Waals surface area contributed by atoms with E-state index in [-0.39, 0.29) is 35.7 Å². The Morgan fingerprint density at radius 2 is 1.69 bits per heavy atom. The molecule has 0 spiro atoms. The monoisotopic (exact) mass is 359 g/mol. The minimum Gasteiger partial charge on any atom is -0.353 e. The summed E-state index contributed by atoms with van der Waals surface area (Å²) in [5, 5.41) is 5.73. The molecule has 0 aliphatic carbocycles. The van der Waals surface area contributed by atoms with Crippen LogP contribution in [0.3, 0.4) is 0 Å². The molecule has 1 fully saturated rings. The molecule has 0 bridgehead atoms. The average Bonchev–Trinajstić information content (AvgIpc) is 2.59. The molecule has 0 radical (unpaired) electrons. The highest BCUT2D eigenvalue weighted by Crippen LogP contribution is 2.19. The molecular weight excluding hydrogens is 330 g/mol. The molecule has 142 valence electrons. The van der Waals surface area contributed by atoms with Crippen molar-refractivity contribution in [2.24, 2.45) is 5.41 Å². The van der Waals surface area contributed by atoms with Crippen LogP contribution in [-0.2, 0) is 9.59 Å². The van der Waals surface area contributed by atoms with Gasteiger partial charge in [-0.05, 0) is 30.4 Å². The highest BCUT2D eigenvalue weighted by molar-refractivity contribution is 5.96. The Balaban J connectivity index is 1.71. The number of nitrogens with one attached hydrogen (secondary N) is 2. The van der Waals surface area contributed by atoms with Crippen molar-refractivity contribution in [2.45, 2.75) is 46.1 Å². The summed E-state index contributed by atoms with van der Waals surface area (Å²) in [6, 6.07) is 8.96. The van der Waals surface area contributed by atoms with Gasteiger partial charge in [0.05, 0.1) is 6.54 Å². The number of benzene rings is 1. The van der Waals surface area contributed by atoms with Crippen molar-refractivity contribution in [3.05, 3.63) is 35.9 Å². The molecule has 1 aromatic rings. The van der Waals surface area contributed by atoms with E-state index in [0.717, 1.165) is 12.8 Å². The van der Waals surface area contributed by atoms with Gasteiger partial charge < -0.3 is 15.5 Å². The molecule has 1 heterocycles. The first-order valence-corrected chi connectivity index (χ1v) is 9.15. The lowest BCUT2D eigenvalue weighted by molar-refractivity contribution is -0.131. The van der Waals surface area contributed by atoms with Crippen LogP contribution in [-0.4, -0.2) is 48.3 Å². The topological polar surface area (TPSA) is 78.5 Å². The van der Waals surface area contributed by atoms with E-state index >= 15 is 0 Å². The van der Waals surface area contributed by atoms with Crippen LogP contribution in [0.4, 0.5) is 0 Å². The maximum Gasteiger partial charge on any atom is 0.251 e. The number of likely N-dealkylation sites (tertiary alicyclic amines) is 1. The molecule has 2 N–H and O–H groups in total. The fourth-order valence-corrected chi connectivity index (χ4v) is 2.99. The minimum absolute atomic E-state index is 0.00518. The lowest BCUT2D eigenvalue weighted by atomic mass is 9.91. The van der Waals surface area contributed by atoms with Crippen molar-refractivity contribution in [3.8, 4) is 0 Å². The second kappa shape index (κ2) is 8.83. The molecule has 3 amide bonds. The number of rotatable bonds is 5. The number of hydrogen-bond donors (Lipinski definition) is 2. The van der Waals surface area contributed by atoms with Gasteiger partial charge in [-0.1, -0.05) is 39.0 Å². The van der Waals surface area contributed by atoms with Crippen molar-refractivity contribution in [1.82, 2.24) is 15.5 Å². The van der Waals surface area contributed by atoms with E-state index in [1.54, 1.807) is 29.2 Å². The van der Waals surface area contributed by atoms with Crippen molar-refractivity contribution >= 4 is 17.7 Å². The molecule has 0 saturated carbocycles. The van der Waals surface area contributed by atoms with E-state index < -0.39 is 0 Å². The average molecular weight is 359 g/mol. The number of nitrogens with zero attached hydrogens (tertiary/aromatic N) is 1. The third kappa shape index (κ3) is 6.50. The molecular formula is C20H29N3O3. The molecule has 1 saturated heterocycles. The lowest BCUT2D eigenvalue weighted by Crippen LogP contribution is -2.49. The second-order valence-electron chi connectivity index (χ2n) is 8.01. The summed E-state index contributed by atoms with van der Waals surface area (Å²) in [6.45, 7) is 7.31. The van der Waals surface area contributed by atoms with Crippen LogP contribution in [0.15, 0.2) is 30.3 Å².